The van der Waals surface area contributed by atoms with Crippen molar-refractivity contribution in [2.45, 2.75) is 13.3 Å². The molecule has 1 aliphatic rings. The largest absolute Gasteiger partial charge is 0.338 e. The van der Waals surface area contributed by atoms with Gasteiger partial charge >= 0.3 is 0 Å². The molecule has 0 spiro atoms. The molecule has 2 heterocycles. The predicted molar refractivity (Wildman–Crippen MR) is 96.5 cm³/mol. The molecule has 3 rings (SSSR count). The quantitative estimate of drug-likeness (QED) is 0.905. The molecule has 128 valence electrons. The van der Waals surface area contributed by atoms with Crippen LogP contribution in [0.1, 0.15) is 21.7 Å². The minimum atomic E-state index is -3.50. The molecule has 0 saturated carbocycles. The molecule has 1 atom stereocenters. The fourth-order valence-electron chi connectivity index (χ4n) is 3.10. The maximum atomic E-state index is 12.7. The Morgan fingerprint density at radius 3 is 2.71 bits per heavy atom. The van der Waals surface area contributed by atoms with Gasteiger partial charge in [-0.2, -0.15) is 0 Å². The molecule has 1 saturated heterocycles. The highest BCUT2D eigenvalue weighted by Gasteiger charge is 2.30. The number of carbonyl (C=O) groups excluding carboxylic acids is 1. The zero-order valence-electron chi connectivity index (χ0n) is 13.4. The van der Waals surface area contributed by atoms with Gasteiger partial charge in [0.25, 0.3) is 5.91 Å². The van der Waals surface area contributed by atoms with Crippen LogP contribution in [0.25, 0.3) is 10.4 Å². The summed E-state index contributed by atoms with van der Waals surface area (Å²) in [6, 6.07) is 11.9. The lowest BCUT2D eigenvalue weighted by Crippen LogP contribution is -2.30. The van der Waals surface area contributed by atoms with Gasteiger partial charge in [0.2, 0.25) is 10.0 Å². The first-order valence-corrected chi connectivity index (χ1v) is 10.3. The van der Waals surface area contributed by atoms with Gasteiger partial charge in [-0.1, -0.05) is 30.3 Å². The Morgan fingerprint density at radius 1 is 1.33 bits per heavy atom. The molecule has 24 heavy (non-hydrogen) atoms. The number of aryl methyl sites for hydroxylation is 1. The summed E-state index contributed by atoms with van der Waals surface area (Å²) in [6.07, 6.45) is 0.679. The van der Waals surface area contributed by atoms with E-state index in [9.17, 15) is 13.2 Å². The Morgan fingerprint density at radius 2 is 2.04 bits per heavy atom. The average Bonchev–Trinajstić information content (AvgIpc) is 3.12. The van der Waals surface area contributed by atoms with Crippen LogP contribution < -0.4 is 5.14 Å². The number of amides is 1. The van der Waals surface area contributed by atoms with E-state index in [1.807, 2.05) is 43.3 Å². The highest BCUT2D eigenvalue weighted by molar-refractivity contribution is 7.89. The number of hydrogen-bond donors (Lipinski definition) is 1. The topological polar surface area (TPSA) is 80.5 Å². The number of rotatable bonds is 4. The Labute approximate surface area is 146 Å². The summed E-state index contributed by atoms with van der Waals surface area (Å²) in [5, 5.41) is 5.11. The van der Waals surface area contributed by atoms with Crippen molar-refractivity contribution >= 4 is 27.3 Å². The maximum absolute atomic E-state index is 12.7. The van der Waals surface area contributed by atoms with E-state index in [2.05, 4.69) is 0 Å². The van der Waals surface area contributed by atoms with E-state index < -0.39 is 10.0 Å². The summed E-state index contributed by atoms with van der Waals surface area (Å²) in [6.45, 7) is 3.03. The Balaban J connectivity index is 1.75. The molecule has 1 fully saturated rings. The van der Waals surface area contributed by atoms with Crippen LogP contribution in [-0.2, 0) is 10.0 Å². The average molecular weight is 364 g/mol. The molecule has 7 heteroatoms. The predicted octanol–water partition coefficient (Wildman–Crippen LogP) is 2.47. The summed E-state index contributed by atoms with van der Waals surface area (Å²) >= 11 is 1.49. The molecule has 2 N–H and O–H groups in total. The first-order chi connectivity index (χ1) is 11.3. The molecule has 1 aromatic heterocycles. The maximum Gasteiger partial charge on any atom is 0.263 e. The first-order valence-electron chi connectivity index (χ1n) is 7.79. The van der Waals surface area contributed by atoms with Crippen LogP contribution in [-0.4, -0.2) is 38.1 Å². The minimum Gasteiger partial charge on any atom is -0.338 e. The lowest BCUT2D eigenvalue weighted by Gasteiger charge is -2.15. The Kier molecular flexibility index (Phi) is 4.76. The number of sulfonamides is 1. The van der Waals surface area contributed by atoms with Crippen LogP contribution in [0.2, 0.25) is 0 Å². The van der Waals surface area contributed by atoms with Crippen molar-refractivity contribution in [1.29, 1.82) is 0 Å². The zero-order valence-corrected chi connectivity index (χ0v) is 15.1. The van der Waals surface area contributed by atoms with Crippen molar-refractivity contribution in [1.82, 2.24) is 4.90 Å². The second kappa shape index (κ2) is 6.66. The molecule has 0 aliphatic carbocycles. The zero-order chi connectivity index (χ0) is 17.3. The normalized spacial score (nSPS) is 18.1. The Hall–Kier alpha value is -1.70. The molecule has 1 amide bonds. The third-order valence-electron chi connectivity index (χ3n) is 4.21. The van der Waals surface area contributed by atoms with Crippen molar-refractivity contribution in [2.24, 2.45) is 11.1 Å². The van der Waals surface area contributed by atoms with E-state index in [1.54, 1.807) is 4.90 Å². The Bertz CT molecular complexity index is 844. The monoisotopic (exact) mass is 364 g/mol. The van der Waals surface area contributed by atoms with Crippen LogP contribution in [0, 0.1) is 12.8 Å². The van der Waals surface area contributed by atoms with E-state index in [4.69, 9.17) is 5.14 Å². The first kappa shape index (κ1) is 17.1. The number of primary sulfonamides is 1. The van der Waals surface area contributed by atoms with E-state index in [0.29, 0.717) is 24.4 Å². The standard InChI is InChI=1S/C17H20N2O3S2/c1-12-9-15(23-16(12)14-5-3-2-4-6-14)17(20)19-8-7-13(10-19)11-24(18,21)22/h2-6,9,13H,7-8,10-11H2,1H3,(H2,18,21,22)/t13-/m1/s1. The molecule has 0 bridgehead atoms. The van der Waals surface area contributed by atoms with Gasteiger partial charge in [-0.05, 0) is 36.5 Å². The van der Waals surface area contributed by atoms with Crippen molar-refractivity contribution in [2.75, 3.05) is 18.8 Å². The van der Waals surface area contributed by atoms with Gasteiger partial charge in [-0.15, -0.1) is 11.3 Å². The summed E-state index contributed by atoms with van der Waals surface area (Å²) in [5.41, 5.74) is 2.18. The second-order valence-corrected chi connectivity index (χ2v) is 8.94. The number of nitrogens with two attached hydrogens (primary N) is 1. The second-order valence-electron chi connectivity index (χ2n) is 6.22. The molecular weight excluding hydrogens is 344 g/mol. The summed E-state index contributed by atoms with van der Waals surface area (Å²) in [7, 11) is -3.50. The van der Waals surface area contributed by atoms with E-state index in [1.165, 1.54) is 11.3 Å². The molecule has 1 aliphatic heterocycles. The highest BCUT2D eigenvalue weighted by Crippen LogP contribution is 2.33. The third kappa shape index (κ3) is 3.85. The molecule has 5 nitrogen and oxygen atoms in total. The fraction of sp³-hybridized carbons (Fsp3) is 0.353. The number of hydrogen-bond acceptors (Lipinski definition) is 4. The fourth-order valence-corrected chi connectivity index (χ4v) is 5.18. The number of thiophene rings is 1. The van der Waals surface area contributed by atoms with E-state index >= 15 is 0 Å². The van der Waals surface area contributed by atoms with Crippen LogP contribution in [0.5, 0.6) is 0 Å². The summed E-state index contributed by atoms with van der Waals surface area (Å²) in [5.74, 6) is -0.156. The van der Waals surface area contributed by atoms with Crippen LogP contribution in [0.15, 0.2) is 36.4 Å². The van der Waals surface area contributed by atoms with Crippen molar-refractivity contribution in [3.8, 4) is 10.4 Å². The number of nitrogens with zero attached hydrogens (tertiary/aromatic N) is 1. The van der Waals surface area contributed by atoms with Gasteiger partial charge < -0.3 is 4.90 Å². The highest BCUT2D eigenvalue weighted by atomic mass is 32.2. The number of likely N-dealkylation sites (tertiary alicyclic amines) is 1. The van der Waals surface area contributed by atoms with Crippen molar-refractivity contribution in [3.63, 3.8) is 0 Å². The van der Waals surface area contributed by atoms with Gasteiger partial charge in [0.1, 0.15) is 0 Å². The molecule has 0 radical (unpaired) electrons. The van der Waals surface area contributed by atoms with Gasteiger partial charge in [0, 0.05) is 18.0 Å². The molecule has 2 aromatic rings. The van der Waals surface area contributed by atoms with E-state index in [-0.39, 0.29) is 17.6 Å². The third-order valence-corrected chi connectivity index (χ3v) is 6.42. The number of benzene rings is 1. The van der Waals surface area contributed by atoms with Gasteiger partial charge in [0.05, 0.1) is 10.6 Å². The number of carbonyl (C=O) groups is 1. The van der Waals surface area contributed by atoms with E-state index in [0.717, 1.165) is 16.0 Å². The molecule has 1 aromatic carbocycles. The van der Waals surface area contributed by atoms with Crippen LogP contribution in [0.4, 0.5) is 0 Å². The SMILES string of the molecule is Cc1cc(C(=O)N2CC[C@@H](CS(N)(=O)=O)C2)sc1-c1ccccc1. The van der Waals surface area contributed by atoms with Crippen LogP contribution >= 0.6 is 11.3 Å². The van der Waals surface area contributed by atoms with Gasteiger partial charge in [-0.3, -0.25) is 4.79 Å². The summed E-state index contributed by atoms with van der Waals surface area (Å²) < 4.78 is 22.4. The van der Waals surface area contributed by atoms with Crippen molar-refractivity contribution < 1.29 is 13.2 Å². The molecular formula is C17H20N2O3S2. The lowest BCUT2D eigenvalue weighted by atomic mass is 10.1. The van der Waals surface area contributed by atoms with Gasteiger partial charge in [-0.25, -0.2) is 13.6 Å². The minimum absolute atomic E-state index is 0.0257. The summed E-state index contributed by atoms with van der Waals surface area (Å²) in [4.78, 5) is 16.2. The smallest absolute Gasteiger partial charge is 0.263 e. The van der Waals surface area contributed by atoms with Crippen molar-refractivity contribution in [3.05, 3.63) is 46.8 Å². The van der Waals surface area contributed by atoms with Gasteiger partial charge in [0.15, 0.2) is 0 Å². The lowest BCUT2D eigenvalue weighted by molar-refractivity contribution is 0.0793. The molecule has 0 unspecified atom stereocenters. The van der Waals surface area contributed by atoms with Crippen LogP contribution in [0.3, 0.4) is 0 Å².